The smallest absolute Gasteiger partial charge is 0.270 e. The van der Waals surface area contributed by atoms with E-state index in [2.05, 4.69) is 20.6 Å². The van der Waals surface area contributed by atoms with E-state index in [-0.39, 0.29) is 11.9 Å². The minimum absolute atomic E-state index is 0.169. The number of halogens is 2. The highest BCUT2D eigenvalue weighted by atomic mass is 35.5. The van der Waals surface area contributed by atoms with Gasteiger partial charge in [-0.25, -0.2) is 9.97 Å². The number of aryl methyl sites for hydroxylation is 1. The molecule has 2 N–H and O–H groups in total. The van der Waals surface area contributed by atoms with E-state index in [1.54, 1.807) is 24.3 Å². The van der Waals surface area contributed by atoms with E-state index < -0.39 is 0 Å². The molecule has 0 atom stereocenters. The average molecular weight is 365 g/mol. The molecule has 1 aromatic heterocycles. The second kappa shape index (κ2) is 7.36. The Morgan fingerprint density at radius 1 is 1.17 bits per heavy atom. The summed E-state index contributed by atoms with van der Waals surface area (Å²) in [5.74, 6) is 0.161. The van der Waals surface area contributed by atoms with E-state index in [1.165, 1.54) is 0 Å². The van der Waals surface area contributed by atoms with Crippen LogP contribution in [0.15, 0.2) is 24.3 Å². The van der Waals surface area contributed by atoms with Gasteiger partial charge in [-0.05, 0) is 44.0 Å². The Bertz CT molecular complexity index is 760. The first-order chi connectivity index (χ1) is 11.5. The van der Waals surface area contributed by atoms with Gasteiger partial charge in [-0.2, -0.15) is 0 Å². The summed E-state index contributed by atoms with van der Waals surface area (Å²) >= 11 is 12.0. The molecule has 1 amide bonds. The lowest BCUT2D eigenvalue weighted by Crippen LogP contribution is -2.33. The van der Waals surface area contributed by atoms with Gasteiger partial charge < -0.3 is 10.6 Å². The quantitative estimate of drug-likeness (QED) is 0.837. The molecule has 0 radical (unpaired) electrons. The molecule has 1 saturated carbocycles. The summed E-state index contributed by atoms with van der Waals surface area (Å²) in [6.45, 7) is 1.82. The van der Waals surface area contributed by atoms with Crippen molar-refractivity contribution in [3.05, 3.63) is 45.7 Å². The summed E-state index contributed by atoms with van der Waals surface area (Å²) in [4.78, 5) is 21.0. The SMILES string of the molecule is Cc1cc(C(=O)NC2CCCC2)nc(Nc2ccc(Cl)cc2Cl)n1. The maximum atomic E-state index is 12.4. The maximum absolute atomic E-state index is 12.4. The van der Waals surface area contributed by atoms with Gasteiger partial charge in [0.25, 0.3) is 5.91 Å². The number of rotatable bonds is 4. The van der Waals surface area contributed by atoms with E-state index in [1.807, 2.05) is 6.92 Å². The first-order valence-corrected chi connectivity index (χ1v) is 8.65. The zero-order valence-electron chi connectivity index (χ0n) is 13.3. The third kappa shape index (κ3) is 4.16. The van der Waals surface area contributed by atoms with Crippen LogP contribution in [-0.4, -0.2) is 21.9 Å². The van der Waals surface area contributed by atoms with Crippen molar-refractivity contribution < 1.29 is 4.79 Å². The molecular weight excluding hydrogens is 347 g/mol. The largest absolute Gasteiger partial charge is 0.348 e. The third-order valence-corrected chi connectivity index (χ3v) is 4.50. The monoisotopic (exact) mass is 364 g/mol. The number of benzene rings is 1. The van der Waals surface area contributed by atoms with Crippen molar-refractivity contribution in [3.63, 3.8) is 0 Å². The number of carbonyl (C=O) groups excluding carboxylic acids is 1. The van der Waals surface area contributed by atoms with E-state index in [4.69, 9.17) is 23.2 Å². The lowest BCUT2D eigenvalue weighted by Gasteiger charge is -2.13. The van der Waals surface area contributed by atoms with E-state index in [0.717, 1.165) is 25.7 Å². The molecule has 0 unspecified atom stereocenters. The standard InChI is InChI=1S/C17H18Cl2N4O/c1-10-8-15(16(24)21-12-4-2-3-5-12)23-17(20-10)22-14-7-6-11(18)9-13(14)19/h6-9,12H,2-5H2,1H3,(H,21,24)(H,20,22,23). The van der Waals surface area contributed by atoms with Gasteiger partial charge in [0, 0.05) is 16.8 Å². The van der Waals surface area contributed by atoms with Crippen LogP contribution in [-0.2, 0) is 0 Å². The second-order valence-corrected chi connectivity index (χ2v) is 6.77. The molecule has 0 saturated heterocycles. The summed E-state index contributed by atoms with van der Waals surface area (Å²) in [6, 6.07) is 7.02. The van der Waals surface area contributed by atoms with Gasteiger partial charge in [-0.1, -0.05) is 36.0 Å². The molecule has 1 aliphatic rings. The molecule has 0 spiro atoms. The van der Waals surface area contributed by atoms with Crippen molar-refractivity contribution in [1.29, 1.82) is 0 Å². The molecule has 0 aliphatic heterocycles. The number of aromatic nitrogens is 2. The Labute approximate surface area is 150 Å². The van der Waals surface area contributed by atoms with Crippen molar-refractivity contribution in [2.45, 2.75) is 38.6 Å². The van der Waals surface area contributed by atoms with Gasteiger partial charge in [0.15, 0.2) is 0 Å². The molecule has 7 heteroatoms. The van der Waals surface area contributed by atoms with Gasteiger partial charge in [0.05, 0.1) is 10.7 Å². The normalized spacial score (nSPS) is 14.6. The fraction of sp³-hybridized carbons (Fsp3) is 0.353. The molecular formula is C17H18Cl2N4O. The molecule has 126 valence electrons. The van der Waals surface area contributed by atoms with Crippen molar-refractivity contribution in [1.82, 2.24) is 15.3 Å². The molecule has 5 nitrogen and oxygen atoms in total. The van der Waals surface area contributed by atoms with Crippen LogP contribution >= 0.6 is 23.2 Å². The molecule has 2 aromatic rings. The van der Waals surface area contributed by atoms with Gasteiger partial charge in [-0.3, -0.25) is 4.79 Å². The fourth-order valence-corrected chi connectivity index (χ4v) is 3.24. The average Bonchev–Trinajstić information content (AvgIpc) is 3.02. The Balaban J connectivity index is 1.79. The van der Waals surface area contributed by atoms with Gasteiger partial charge in [0.1, 0.15) is 5.69 Å². The van der Waals surface area contributed by atoms with Crippen molar-refractivity contribution in [3.8, 4) is 0 Å². The minimum atomic E-state index is -0.169. The Hall–Kier alpha value is -1.85. The van der Waals surface area contributed by atoms with Crippen molar-refractivity contribution in [2.24, 2.45) is 0 Å². The molecule has 0 bridgehead atoms. The summed E-state index contributed by atoms with van der Waals surface area (Å²) in [7, 11) is 0. The predicted octanol–water partition coefficient (Wildman–Crippen LogP) is 4.51. The molecule has 1 aromatic carbocycles. The Morgan fingerprint density at radius 3 is 2.62 bits per heavy atom. The highest BCUT2D eigenvalue weighted by Gasteiger charge is 2.19. The van der Waals surface area contributed by atoms with Gasteiger partial charge >= 0.3 is 0 Å². The van der Waals surface area contributed by atoms with Crippen LogP contribution in [0.25, 0.3) is 0 Å². The Morgan fingerprint density at radius 2 is 1.92 bits per heavy atom. The van der Waals surface area contributed by atoms with E-state index >= 15 is 0 Å². The molecule has 1 fully saturated rings. The predicted molar refractivity (Wildman–Crippen MR) is 96.2 cm³/mol. The van der Waals surface area contributed by atoms with Crippen LogP contribution in [0.3, 0.4) is 0 Å². The van der Waals surface area contributed by atoms with Gasteiger partial charge in [0.2, 0.25) is 5.95 Å². The first-order valence-electron chi connectivity index (χ1n) is 7.90. The fourth-order valence-electron chi connectivity index (χ4n) is 2.78. The highest BCUT2D eigenvalue weighted by molar-refractivity contribution is 6.36. The van der Waals surface area contributed by atoms with Crippen LogP contribution in [0.2, 0.25) is 10.0 Å². The number of amides is 1. The zero-order valence-corrected chi connectivity index (χ0v) is 14.8. The van der Waals surface area contributed by atoms with Gasteiger partial charge in [-0.15, -0.1) is 0 Å². The third-order valence-electron chi connectivity index (χ3n) is 3.95. The topological polar surface area (TPSA) is 66.9 Å². The second-order valence-electron chi connectivity index (χ2n) is 5.92. The number of nitrogens with one attached hydrogen (secondary N) is 2. The van der Waals surface area contributed by atoms with Crippen molar-refractivity contribution in [2.75, 3.05) is 5.32 Å². The number of carbonyl (C=O) groups is 1. The lowest BCUT2D eigenvalue weighted by atomic mass is 10.2. The number of anilines is 2. The molecule has 3 rings (SSSR count). The Kier molecular flexibility index (Phi) is 5.21. The minimum Gasteiger partial charge on any atom is -0.348 e. The lowest BCUT2D eigenvalue weighted by molar-refractivity contribution is 0.0932. The van der Waals surface area contributed by atoms with Crippen LogP contribution < -0.4 is 10.6 Å². The summed E-state index contributed by atoms with van der Waals surface area (Å²) in [5.41, 5.74) is 1.69. The number of hydrogen-bond acceptors (Lipinski definition) is 4. The van der Waals surface area contributed by atoms with E-state index in [9.17, 15) is 4.79 Å². The van der Waals surface area contributed by atoms with Crippen LogP contribution in [0.5, 0.6) is 0 Å². The summed E-state index contributed by atoms with van der Waals surface area (Å²) in [6.07, 6.45) is 4.38. The highest BCUT2D eigenvalue weighted by Crippen LogP contribution is 2.27. The summed E-state index contributed by atoms with van der Waals surface area (Å²) < 4.78 is 0. The van der Waals surface area contributed by atoms with E-state index in [0.29, 0.717) is 33.1 Å². The molecule has 1 aliphatic carbocycles. The molecule has 1 heterocycles. The zero-order chi connectivity index (χ0) is 17.1. The maximum Gasteiger partial charge on any atom is 0.270 e. The first kappa shape index (κ1) is 17.0. The van der Waals surface area contributed by atoms with Crippen molar-refractivity contribution >= 4 is 40.7 Å². The van der Waals surface area contributed by atoms with Crippen LogP contribution in [0.4, 0.5) is 11.6 Å². The molecule has 24 heavy (non-hydrogen) atoms. The van der Waals surface area contributed by atoms with Crippen LogP contribution in [0.1, 0.15) is 41.9 Å². The number of hydrogen-bond donors (Lipinski definition) is 2. The van der Waals surface area contributed by atoms with Crippen LogP contribution in [0, 0.1) is 6.92 Å². The number of nitrogens with zero attached hydrogens (tertiary/aromatic N) is 2. The summed E-state index contributed by atoms with van der Waals surface area (Å²) in [5, 5.41) is 7.08.